The minimum absolute atomic E-state index is 0.0433. The number of carbonyl (C=O) groups is 1. The number of halogens is 1. The number of methoxy groups -OCH3 is 1. The van der Waals surface area contributed by atoms with Crippen LogP contribution in [0.1, 0.15) is 23.2 Å². The van der Waals surface area contributed by atoms with Gasteiger partial charge >= 0.3 is 0 Å². The predicted octanol–water partition coefficient (Wildman–Crippen LogP) is 1.34. The number of hydrogen-bond donors (Lipinski definition) is 2. The molecule has 1 saturated carbocycles. The Bertz CT molecular complexity index is 458. The molecule has 2 rings (SSSR count). The number of amides is 1. The molecule has 1 aromatic carbocycles. The molecule has 0 atom stereocenters. The van der Waals surface area contributed by atoms with Crippen LogP contribution in [-0.2, 0) is 0 Å². The molecule has 0 bridgehead atoms. The van der Waals surface area contributed by atoms with E-state index in [1.165, 1.54) is 25.3 Å². The van der Waals surface area contributed by atoms with E-state index in [9.17, 15) is 9.18 Å². The lowest BCUT2D eigenvalue weighted by atomic mass is 10.1. The smallest absolute Gasteiger partial charge is 0.258 e. The largest absolute Gasteiger partial charge is 0.496 e. The molecule has 1 aliphatic carbocycles. The summed E-state index contributed by atoms with van der Waals surface area (Å²) in [6.45, 7) is 0.404. The van der Waals surface area contributed by atoms with E-state index in [0.29, 0.717) is 6.54 Å². The lowest BCUT2D eigenvalue weighted by molar-refractivity contribution is 0.0928. The fraction of sp³-hybridized carbons (Fsp3) is 0.462. The van der Waals surface area contributed by atoms with Crippen molar-refractivity contribution in [1.82, 2.24) is 5.32 Å². The third-order valence-electron chi connectivity index (χ3n) is 3.34. The summed E-state index contributed by atoms with van der Waals surface area (Å²) >= 11 is 0. The highest BCUT2D eigenvalue weighted by atomic mass is 19.1. The van der Waals surface area contributed by atoms with Crippen LogP contribution in [0.2, 0.25) is 0 Å². The Morgan fingerprint density at radius 3 is 2.83 bits per heavy atom. The molecule has 1 aliphatic rings. The van der Waals surface area contributed by atoms with E-state index in [1.807, 2.05) is 0 Å². The molecule has 1 fully saturated rings. The van der Waals surface area contributed by atoms with Gasteiger partial charge in [0, 0.05) is 12.0 Å². The Hall–Kier alpha value is -1.62. The average Bonchev–Trinajstić information content (AvgIpc) is 3.16. The zero-order chi connectivity index (χ0) is 13.2. The Balaban J connectivity index is 2.09. The summed E-state index contributed by atoms with van der Waals surface area (Å²) in [5, 5.41) is 11.8. The van der Waals surface area contributed by atoms with Gasteiger partial charge in [-0.25, -0.2) is 4.39 Å². The number of hydrogen-bond acceptors (Lipinski definition) is 3. The maximum Gasteiger partial charge on any atom is 0.258 e. The molecule has 1 amide bonds. The third-order valence-corrected chi connectivity index (χ3v) is 3.34. The van der Waals surface area contributed by atoms with Gasteiger partial charge in [-0.15, -0.1) is 0 Å². The predicted molar refractivity (Wildman–Crippen MR) is 64.0 cm³/mol. The van der Waals surface area contributed by atoms with Crippen molar-refractivity contribution >= 4 is 5.91 Å². The highest BCUT2D eigenvalue weighted by molar-refractivity contribution is 5.97. The van der Waals surface area contributed by atoms with Crippen LogP contribution in [0.25, 0.3) is 0 Å². The Morgan fingerprint density at radius 1 is 1.56 bits per heavy atom. The summed E-state index contributed by atoms with van der Waals surface area (Å²) in [5.41, 5.74) is -0.289. The van der Waals surface area contributed by atoms with E-state index in [2.05, 4.69) is 5.32 Å². The zero-order valence-corrected chi connectivity index (χ0v) is 10.2. The van der Waals surface area contributed by atoms with Gasteiger partial charge in [-0.1, -0.05) is 6.07 Å². The topological polar surface area (TPSA) is 58.6 Å². The second-order valence-electron chi connectivity index (χ2n) is 4.66. The Kier molecular flexibility index (Phi) is 3.52. The van der Waals surface area contributed by atoms with E-state index >= 15 is 0 Å². The molecule has 0 heterocycles. The van der Waals surface area contributed by atoms with Gasteiger partial charge in [0.05, 0.1) is 13.7 Å². The molecule has 1 aromatic rings. The van der Waals surface area contributed by atoms with Crippen LogP contribution in [0.5, 0.6) is 5.75 Å². The van der Waals surface area contributed by atoms with Crippen molar-refractivity contribution in [2.45, 2.75) is 12.8 Å². The van der Waals surface area contributed by atoms with E-state index in [0.717, 1.165) is 12.8 Å². The molecule has 0 spiro atoms. The first-order valence-electron chi connectivity index (χ1n) is 5.83. The van der Waals surface area contributed by atoms with E-state index in [1.54, 1.807) is 0 Å². The van der Waals surface area contributed by atoms with Crippen LogP contribution in [-0.4, -0.2) is 31.3 Å². The van der Waals surface area contributed by atoms with Gasteiger partial charge < -0.3 is 15.2 Å². The second-order valence-corrected chi connectivity index (χ2v) is 4.66. The number of aliphatic hydroxyl groups is 1. The lowest BCUT2D eigenvalue weighted by Crippen LogP contribution is -2.32. The van der Waals surface area contributed by atoms with Gasteiger partial charge in [-0.2, -0.15) is 0 Å². The number of benzene rings is 1. The van der Waals surface area contributed by atoms with Gasteiger partial charge in [0.15, 0.2) is 0 Å². The minimum Gasteiger partial charge on any atom is -0.496 e. The van der Waals surface area contributed by atoms with E-state index in [-0.39, 0.29) is 23.3 Å². The number of aliphatic hydroxyl groups excluding tert-OH is 1. The highest BCUT2D eigenvalue weighted by Crippen LogP contribution is 2.44. The number of carbonyl (C=O) groups excluding carboxylic acids is 1. The summed E-state index contributed by atoms with van der Waals surface area (Å²) in [7, 11) is 1.39. The second kappa shape index (κ2) is 4.94. The molecule has 0 saturated heterocycles. The van der Waals surface area contributed by atoms with Crippen LogP contribution < -0.4 is 10.1 Å². The van der Waals surface area contributed by atoms with Gasteiger partial charge in [0.1, 0.15) is 17.1 Å². The van der Waals surface area contributed by atoms with Crippen LogP contribution in [0.4, 0.5) is 4.39 Å². The summed E-state index contributed by atoms with van der Waals surface area (Å²) in [4.78, 5) is 11.9. The van der Waals surface area contributed by atoms with Crippen molar-refractivity contribution in [3.63, 3.8) is 0 Å². The summed E-state index contributed by atoms with van der Waals surface area (Å²) in [5.74, 6) is -0.910. The summed E-state index contributed by atoms with van der Waals surface area (Å²) in [6.07, 6.45) is 1.77. The van der Waals surface area contributed by atoms with Gasteiger partial charge in [0.25, 0.3) is 5.91 Å². The molecule has 5 heteroatoms. The first-order chi connectivity index (χ1) is 8.62. The minimum atomic E-state index is -0.610. The van der Waals surface area contributed by atoms with Crippen LogP contribution >= 0.6 is 0 Å². The van der Waals surface area contributed by atoms with Crippen molar-refractivity contribution in [3.8, 4) is 5.75 Å². The monoisotopic (exact) mass is 253 g/mol. The molecule has 2 N–H and O–H groups in total. The molecule has 0 aromatic heterocycles. The molecule has 0 aliphatic heterocycles. The van der Waals surface area contributed by atoms with Crippen molar-refractivity contribution < 1.29 is 19.0 Å². The summed E-state index contributed by atoms with van der Waals surface area (Å²) < 4.78 is 18.6. The number of nitrogens with one attached hydrogen (secondary N) is 1. The van der Waals surface area contributed by atoms with Crippen LogP contribution in [0, 0.1) is 11.2 Å². The fourth-order valence-electron chi connectivity index (χ4n) is 1.82. The zero-order valence-electron chi connectivity index (χ0n) is 10.2. The molecule has 0 radical (unpaired) electrons. The van der Waals surface area contributed by atoms with E-state index < -0.39 is 11.7 Å². The van der Waals surface area contributed by atoms with Crippen molar-refractivity contribution in [1.29, 1.82) is 0 Å². The standard InChI is InChI=1S/C13H16FNO3/c1-18-10-4-2-3-9(14)11(10)12(17)15-7-13(8-16)5-6-13/h2-4,16H,5-8H2,1H3,(H,15,17). The fourth-order valence-corrected chi connectivity index (χ4v) is 1.82. The first kappa shape index (κ1) is 12.8. The summed E-state index contributed by atoms with van der Waals surface area (Å²) in [6, 6.07) is 4.24. The Labute approximate surface area is 105 Å². The van der Waals surface area contributed by atoms with Crippen molar-refractivity contribution in [2.24, 2.45) is 5.41 Å². The normalized spacial score (nSPS) is 16.2. The maximum absolute atomic E-state index is 13.6. The van der Waals surface area contributed by atoms with Gasteiger partial charge in [-0.3, -0.25) is 4.79 Å². The lowest BCUT2D eigenvalue weighted by Gasteiger charge is -2.14. The van der Waals surface area contributed by atoms with Crippen LogP contribution in [0.3, 0.4) is 0 Å². The molecule has 98 valence electrons. The SMILES string of the molecule is COc1cccc(F)c1C(=O)NCC1(CO)CC1. The molecule has 0 unspecified atom stereocenters. The van der Waals surface area contributed by atoms with Crippen molar-refractivity contribution in [2.75, 3.05) is 20.3 Å². The quantitative estimate of drug-likeness (QED) is 0.832. The van der Waals surface area contributed by atoms with Gasteiger partial charge in [-0.05, 0) is 25.0 Å². The van der Waals surface area contributed by atoms with E-state index in [4.69, 9.17) is 9.84 Å². The average molecular weight is 253 g/mol. The third kappa shape index (κ3) is 2.46. The molecule has 18 heavy (non-hydrogen) atoms. The molecule has 4 nitrogen and oxygen atoms in total. The first-order valence-corrected chi connectivity index (χ1v) is 5.83. The molecular weight excluding hydrogens is 237 g/mol. The molecular formula is C13H16FNO3. The number of rotatable bonds is 5. The highest BCUT2D eigenvalue weighted by Gasteiger charge is 2.42. The van der Waals surface area contributed by atoms with Gasteiger partial charge in [0.2, 0.25) is 0 Å². The maximum atomic E-state index is 13.6. The van der Waals surface area contributed by atoms with Crippen LogP contribution in [0.15, 0.2) is 18.2 Å². The number of ether oxygens (including phenoxy) is 1. The van der Waals surface area contributed by atoms with Crippen molar-refractivity contribution in [3.05, 3.63) is 29.6 Å². The Morgan fingerprint density at radius 2 is 2.28 bits per heavy atom.